The molecule has 0 spiro atoms. The summed E-state index contributed by atoms with van der Waals surface area (Å²) in [5.74, 6) is 10.1. The van der Waals surface area contributed by atoms with Crippen molar-refractivity contribution in [2.24, 2.45) is 16.8 Å². The van der Waals surface area contributed by atoms with Crippen LogP contribution in [0, 0.1) is 85.9 Å². The Labute approximate surface area is 398 Å². The molecule has 8 rings (SSSR count). The number of carbonyl (C=O) groups is 4. The summed E-state index contributed by atoms with van der Waals surface area (Å²) < 4.78 is 0. The molecule has 1 fully saturated rings. The minimum absolute atomic E-state index is 0.0715. The smallest absolute Gasteiger partial charge is 0.267 e. The van der Waals surface area contributed by atoms with Crippen LogP contribution in [0.4, 0.5) is 17.1 Å². The van der Waals surface area contributed by atoms with Gasteiger partial charge in [-0.25, -0.2) is 9.80 Å². The van der Waals surface area contributed by atoms with E-state index in [0.717, 1.165) is 82.5 Å². The lowest BCUT2D eigenvalue weighted by Crippen LogP contribution is -2.33. The van der Waals surface area contributed by atoms with Crippen molar-refractivity contribution < 1.29 is 19.2 Å². The maximum atomic E-state index is 14.2. The van der Waals surface area contributed by atoms with Gasteiger partial charge in [-0.05, 0) is 167 Å². The standard InChI is InChI=1S/C59H51N5O4/c1-35(22-24-45(33-60)51-41(7)56(65)63(57(51)66)55-39(5)31-49(32-40(55)6)62-48-27-28-48)21-23-43(50-20-14-11-15-36(50)2)18-9-8-10-19-44-25-26-46(34-61)53-52(44)58(67)64(59(53)68)54-37(3)29-47(30-38(54)4)42-16-12-13-17-42/h9,11,14-16,18,20,22,25-26,29-32,36,45H,8,12-13,17,24,27-28H2,1-7H3/b18-9-,35-22+,50-43+. The van der Waals surface area contributed by atoms with E-state index >= 15 is 0 Å². The fourth-order valence-electron chi connectivity index (χ4n) is 9.48. The molecule has 0 bridgehead atoms. The highest BCUT2D eigenvalue weighted by atomic mass is 16.2. The Morgan fingerprint density at radius 3 is 2.09 bits per heavy atom. The Kier molecular flexibility index (Phi) is 13.2. The van der Waals surface area contributed by atoms with Gasteiger partial charge in [0, 0.05) is 40.3 Å². The van der Waals surface area contributed by atoms with Gasteiger partial charge in [-0.3, -0.25) is 24.2 Å². The van der Waals surface area contributed by atoms with E-state index in [1.165, 1.54) is 15.4 Å². The molecular formula is C59H51N5O4. The zero-order valence-corrected chi connectivity index (χ0v) is 39.6. The number of anilines is 2. The first-order valence-corrected chi connectivity index (χ1v) is 23.1. The highest BCUT2D eigenvalue weighted by Crippen LogP contribution is 2.40. The first-order chi connectivity index (χ1) is 32.7. The van der Waals surface area contributed by atoms with E-state index in [1.54, 1.807) is 19.1 Å². The van der Waals surface area contributed by atoms with Crippen molar-refractivity contribution >= 4 is 52.0 Å². The van der Waals surface area contributed by atoms with Gasteiger partial charge in [0.05, 0.1) is 51.8 Å². The molecule has 0 saturated heterocycles. The van der Waals surface area contributed by atoms with Gasteiger partial charge in [0.2, 0.25) is 0 Å². The molecule has 9 heteroatoms. The van der Waals surface area contributed by atoms with Gasteiger partial charge in [0.15, 0.2) is 0 Å². The Morgan fingerprint density at radius 1 is 0.824 bits per heavy atom. The summed E-state index contributed by atoms with van der Waals surface area (Å²) in [7, 11) is 0. The fraction of sp³-hybridized carbons (Fsp3) is 0.271. The lowest BCUT2D eigenvalue weighted by atomic mass is 9.91. The van der Waals surface area contributed by atoms with Crippen molar-refractivity contribution in [2.75, 3.05) is 9.80 Å². The summed E-state index contributed by atoms with van der Waals surface area (Å²) in [6.45, 7) is 13.1. The van der Waals surface area contributed by atoms with Crippen LogP contribution in [0.25, 0.3) is 5.57 Å². The Bertz CT molecular complexity index is 3200. The van der Waals surface area contributed by atoms with E-state index in [0.29, 0.717) is 28.9 Å². The number of imide groups is 2. The number of allylic oxidation sites excluding steroid dienone is 12. The quantitative estimate of drug-likeness (QED) is 0.155. The van der Waals surface area contributed by atoms with E-state index in [1.807, 2.05) is 95.3 Å². The number of carbonyl (C=O) groups excluding carboxylic acids is 4. The van der Waals surface area contributed by atoms with Crippen LogP contribution in [-0.2, 0) is 9.59 Å². The predicted octanol–water partition coefficient (Wildman–Crippen LogP) is 11.8. The van der Waals surface area contributed by atoms with Crippen LogP contribution in [0.5, 0.6) is 0 Å². The summed E-state index contributed by atoms with van der Waals surface area (Å²) in [6.07, 6.45) is 21.6. The van der Waals surface area contributed by atoms with Crippen molar-refractivity contribution in [1.29, 1.82) is 10.5 Å². The molecule has 2 atom stereocenters. The third kappa shape index (κ3) is 9.05. The van der Waals surface area contributed by atoms with Crippen LogP contribution in [0.3, 0.4) is 0 Å². The fourth-order valence-corrected chi connectivity index (χ4v) is 9.48. The SMILES string of the molecule is CC1=C(C(C#N)C/C=C(\C)C#CC(/C=C\CC#Cc2ccc(C#N)c3c2C(=O)N(c2c(C)cc(C4=CCCC4)cc2C)C3=O)=C2\C=CC=CC2C)C(=O)N(c2c(C)cc(N=C3CC3)cc2C)C1=O. The first-order valence-electron chi connectivity index (χ1n) is 23.1. The number of hydrogen-bond donors (Lipinski definition) is 0. The zero-order valence-electron chi connectivity index (χ0n) is 39.6. The molecule has 9 nitrogen and oxygen atoms in total. The monoisotopic (exact) mass is 893 g/mol. The number of aryl methyl sites for hydroxylation is 4. The predicted molar refractivity (Wildman–Crippen MR) is 268 cm³/mol. The second-order valence-corrected chi connectivity index (χ2v) is 18.0. The van der Waals surface area contributed by atoms with Gasteiger partial charge >= 0.3 is 0 Å². The van der Waals surface area contributed by atoms with Crippen molar-refractivity contribution in [1.82, 2.24) is 0 Å². The number of benzene rings is 3. The lowest BCUT2D eigenvalue weighted by Gasteiger charge is -2.21. The number of fused-ring (bicyclic) bond motifs is 1. The lowest BCUT2D eigenvalue weighted by molar-refractivity contribution is -0.120. The largest absolute Gasteiger partial charge is 0.269 e. The van der Waals surface area contributed by atoms with Crippen LogP contribution in [0.15, 0.2) is 118 Å². The third-order valence-corrected chi connectivity index (χ3v) is 13.0. The molecule has 3 aliphatic carbocycles. The number of rotatable bonds is 9. The Balaban J connectivity index is 0.997. The van der Waals surface area contributed by atoms with E-state index in [4.69, 9.17) is 0 Å². The van der Waals surface area contributed by atoms with Gasteiger partial charge in [-0.1, -0.05) is 73.1 Å². The molecule has 336 valence electrons. The van der Waals surface area contributed by atoms with Crippen LogP contribution in [0.2, 0.25) is 0 Å². The van der Waals surface area contributed by atoms with E-state index in [9.17, 15) is 29.7 Å². The molecule has 4 amide bonds. The molecule has 0 N–H and O–H groups in total. The molecule has 0 radical (unpaired) electrons. The average Bonchev–Trinajstić information content (AvgIpc) is 3.79. The number of amides is 4. The Morgan fingerprint density at radius 2 is 1.47 bits per heavy atom. The Hall–Kier alpha value is -8.11. The maximum Gasteiger partial charge on any atom is 0.267 e. The van der Waals surface area contributed by atoms with Gasteiger partial charge in [0.1, 0.15) is 0 Å². The van der Waals surface area contributed by atoms with Gasteiger partial charge < -0.3 is 0 Å². The highest BCUT2D eigenvalue weighted by molar-refractivity contribution is 6.36. The minimum atomic E-state index is -0.856. The molecular weight excluding hydrogens is 843 g/mol. The maximum absolute atomic E-state index is 14.2. The number of hydrogen-bond acceptors (Lipinski definition) is 7. The molecule has 2 unspecified atom stereocenters. The number of nitrogens with zero attached hydrogens (tertiary/aromatic N) is 5. The molecule has 68 heavy (non-hydrogen) atoms. The third-order valence-electron chi connectivity index (χ3n) is 13.0. The van der Waals surface area contributed by atoms with Gasteiger partial charge in [-0.2, -0.15) is 10.5 Å². The van der Waals surface area contributed by atoms with Crippen LogP contribution >= 0.6 is 0 Å². The first kappa shape index (κ1) is 46.4. The zero-order chi connectivity index (χ0) is 48.4. The van der Waals surface area contributed by atoms with Crippen molar-refractivity contribution in [3.05, 3.63) is 163 Å². The van der Waals surface area contributed by atoms with Crippen LogP contribution in [0.1, 0.15) is 125 Å². The second-order valence-electron chi connectivity index (χ2n) is 18.0. The van der Waals surface area contributed by atoms with E-state index in [2.05, 4.69) is 59.9 Å². The molecule has 2 heterocycles. The minimum Gasteiger partial charge on any atom is -0.269 e. The van der Waals surface area contributed by atoms with Crippen LogP contribution in [-0.4, -0.2) is 29.3 Å². The van der Waals surface area contributed by atoms with Crippen LogP contribution < -0.4 is 9.80 Å². The number of nitriles is 2. The molecule has 1 saturated carbocycles. The average molecular weight is 894 g/mol. The van der Waals surface area contributed by atoms with E-state index in [-0.39, 0.29) is 40.2 Å². The number of aliphatic imine (C=N–C) groups is 1. The van der Waals surface area contributed by atoms with Gasteiger partial charge in [0.25, 0.3) is 23.6 Å². The van der Waals surface area contributed by atoms with Crippen molar-refractivity contribution in [2.45, 2.75) is 93.4 Å². The molecule has 0 aromatic heterocycles. The summed E-state index contributed by atoms with van der Waals surface area (Å²) in [4.78, 5) is 62.9. The summed E-state index contributed by atoms with van der Waals surface area (Å²) in [5.41, 5.74) is 12.2. The summed E-state index contributed by atoms with van der Waals surface area (Å²) >= 11 is 0. The summed E-state index contributed by atoms with van der Waals surface area (Å²) in [5, 5.41) is 20.3. The molecule has 3 aromatic carbocycles. The highest BCUT2D eigenvalue weighted by Gasteiger charge is 2.43. The van der Waals surface area contributed by atoms with Gasteiger partial charge in [-0.15, -0.1) is 0 Å². The molecule has 3 aromatic rings. The van der Waals surface area contributed by atoms with Crippen molar-refractivity contribution in [3.63, 3.8) is 0 Å². The van der Waals surface area contributed by atoms with Crippen molar-refractivity contribution in [3.8, 4) is 35.8 Å². The van der Waals surface area contributed by atoms with E-state index < -0.39 is 29.5 Å². The molecule has 2 aliphatic heterocycles. The molecule has 5 aliphatic rings. The topological polar surface area (TPSA) is 135 Å². The summed E-state index contributed by atoms with van der Waals surface area (Å²) in [6, 6.07) is 15.4. The second kappa shape index (κ2) is 19.4. The normalized spacial score (nSPS) is 18.6.